The number of fused-ring (bicyclic) bond motifs is 5. The molecule has 0 saturated carbocycles. The van der Waals surface area contributed by atoms with Crippen molar-refractivity contribution in [1.82, 2.24) is 4.98 Å². The number of hydrogen-bond donors (Lipinski definition) is 2. The lowest BCUT2D eigenvalue weighted by atomic mass is 10.0. The van der Waals surface area contributed by atoms with Crippen molar-refractivity contribution in [3.63, 3.8) is 0 Å². The first-order chi connectivity index (χ1) is 12.9. The second kappa shape index (κ2) is 6.02. The highest BCUT2D eigenvalue weighted by Crippen LogP contribution is 2.40. The van der Waals surface area contributed by atoms with Crippen LogP contribution in [0.3, 0.4) is 0 Å². The number of aromatic nitrogens is 1. The van der Waals surface area contributed by atoms with Crippen molar-refractivity contribution >= 4 is 28.6 Å². The van der Waals surface area contributed by atoms with Gasteiger partial charge < -0.3 is 10.3 Å². The lowest BCUT2D eigenvalue weighted by Crippen LogP contribution is -2.12. The van der Waals surface area contributed by atoms with Crippen LogP contribution < -0.4 is 5.32 Å². The third kappa shape index (κ3) is 2.95. The molecule has 0 bridgehead atoms. The van der Waals surface area contributed by atoms with E-state index < -0.39 is 11.7 Å². The SMILES string of the molecule is N#CC=Cc1ccc2c(c1)NC(=O)Cc1c-2[nH]c2ccc(C(F)(F)F)cc12. The molecule has 2 aromatic carbocycles. The van der Waals surface area contributed by atoms with Gasteiger partial charge in [-0.05, 0) is 41.5 Å². The van der Waals surface area contributed by atoms with Crippen molar-refractivity contribution in [2.24, 2.45) is 0 Å². The number of halogens is 3. The zero-order valence-electron chi connectivity index (χ0n) is 13.8. The quantitative estimate of drug-likeness (QED) is 0.602. The van der Waals surface area contributed by atoms with Gasteiger partial charge in [0.1, 0.15) is 0 Å². The fourth-order valence-corrected chi connectivity index (χ4v) is 3.31. The van der Waals surface area contributed by atoms with Gasteiger partial charge in [0.15, 0.2) is 0 Å². The minimum atomic E-state index is -4.45. The summed E-state index contributed by atoms with van der Waals surface area (Å²) in [4.78, 5) is 15.5. The summed E-state index contributed by atoms with van der Waals surface area (Å²) in [5.74, 6) is -0.310. The average molecular weight is 367 g/mol. The Hall–Kier alpha value is -3.53. The van der Waals surface area contributed by atoms with Crippen molar-refractivity contribution < 1.29 is 18.0 Å². The number of allylic oxidation sites excluding steroid dienone is 1. The van der Waals surface area contributed by atoms with Gasteiger partial charge in [-0.15, -0.1) is 0 Å². The van der Waals surface area contributed by atoms with E-state index in [1.54, 1.807) is 24.3 Å². The fourth-order valence-electron chi connectivity index (χ4n) is 3.31. The van der Waals surface area contributed by atoms with E-state index in [4.69, 9.17) is 5.26 Å². The summed E-state index contributed by atoms with van der Waals surface area (Å²) < 4.78 is 39.2. The van der Waals surface area contributed by atoms with Crippen molar-refractivity contribution in [2.45, 2.75) is 12.6 Å². The Labute approximate surface area is 151 Å². The van der Waals surface area contributed by atoms with E-state index in [0.717, 1.165) is 17.7 Å². The number of H-pyrrole nitrogens is 1. The molecular formula is C20H12F3N3O. The molecule has 3 aromatic rings. The number of rotatable bonds is 1. The molecule has 7 heteroatoms. The van der Waals surface area contributed by atoms with Crippen LogP contribution in [-0.2, 0) is 17.4 Å². The van der Waals surface area contributed by atoms with Crippen LogP contribution in [0.1, 0.15) is 16.7 Å². The fraction of sp³-hybridized carbons (Fsp3) is 0.100. The number of nitrogens with one attached hydrogen (secondary N) is 2. The predicted octanol–water partition coefficient (Wildman–Crippen LogP) is 4.89. The Balaban J connectivity index is 1.93. The highest BCUT2D eigenvalue weighted by molar-refractivity contribution is 6.05. The lowest BCUT2D eigenvalue weighted by Gasteiger charge is -2.08. The molecule has 0 fully saturated rings. The summed E-state index contributed by atoms with van der Waals surface area (Å²) in [6.07, 6.45) is -1.55. The Morgan fingerprint density at radius 3 is 2.70 bits per heavy atom. The van der Waals surface area contributed by atoms with Crippen LogP contribution in [0.5, 0.6) is 0 Å². The number of nitriles is 1. The molecule has 2 N–H and O–H groups in total. The minimum absolute atomic E-state index is 0.0330. The average Bonchev–Trinajstić information content (AvgIpc) is 2.90. The first kappa shape index (κ1) is 16.9. The highest BCUT2D eigenvalue weighted by Gasteiger charge is 2.32. The van der Waals surface area contributed by atoms with Gasteiger partial charge in [0.05, 0.1) is 29.4 Å². The molecule has 0 aliphatic carbocycles. The van der Waals surface area contributed by atoms with E-state index >= 15 is 0 Å². The lowest BCUT2D eigenvalue weighted by molar-refractivity contribution is -0.137. The van der Waals surface area contributed by atoms with Crippen LogP contribution in [-0.4, -0.2) is 10.9 Å². The monoisotopic (exact) mass is 367 g/mol. The second-order valence-electron chi connectivity index (χ2n) is 6.23. The molecule has 0 spiro atoms. The van der Waals surface area contributed by atoms with Crippen molar-refractivity contribution in [2.75, 3.05) is 5.32 Å². The maximum Gasteiger partial charge on any atom is 0.416 e. The number of alkyl halides is 3. The third-order valence-electron chi connectivity index (χ3n) is 4.51. The van der Waals surface area contributed by atoms with Crippen LogP contribution in [0, 0.1) is 11.3 Å². The molecule has 134 valence electrons. The van der Waals surface area contributed by atoms with E-state index in [1.165, 1.54) is 12.1 Å². The van der Waals surface area contributed by atoms with Gasteiger partial charge in [0.25, 0.3) is 0 Å². The van der Waals surface area contributed by atoms with Gasteiger partial charge in [-0.1, -0.05) is 12.1 Å². The van der Waals surface area contributed by atoms with Crippen LogP contribution in [0.25, 0.3) is 28.2 Å². The Kier molecular flexibility index (Phi) is 3.77. The molecule has 1 amide bonds. The van der Waals surface area contributed by atoms with E-state index in [2.05, 4.69) is 10.3 Å². The number of carbonyl (C=O) groups is 1. The molecule has 0 atom stereocenters. The first-order valence-corrected chi connectivity index (χ1v) is 8.09. The molecule has 2 heterocycles. The first-order valence-electron chi connectivity index (χ1n) is 8.09. The van der Waals surface area contributed by atoms with Crippen molar-refractivity contribution in [3.05, 3.63) is 59.2 Å². The third-order valence-corrected chi connectivity index (χ3v) is 4.51. The predicted molar refractivity (Wildman–Crippen MR) is 95.7 cm³/mol. The summed E-state index contributed by atoms with van der Waals surface area (Å²) >= 11 is 0. The number of amides is 1. The molecule has 0 saturated heterocycles. The number of hydrogen-bond acceptors (Lipinski definition) is 2. The van der Waals surface area contributed by atoms with Gasteiger partial charge in [0, 0.05) is 22.5 Å². The summed E-state index contributed by atoms with van der Waals surface area (Å²) in [5, 5.41) is 11.8. The van der Waals surface area contributed by atoms with Crippen LogP contribution >= 0.6 is 0 Å². The van der Waals surface area contributed by atoms with Crippen LogP contribution in [0.4, 0.5) is 18.9 Å². The number of nitrogens with zero attached hydrogens (tertiary/aromatic N) is 1. The molecule has 4 rings (SSSR count). The minimum Gasteiger partial charge on any atom is -0.354 e. The Bertz CT molecular complexity index is 1150. The number of anilines is 1. The van der Waals surface area contributed by atoms with E-state index in [-0.39, 0.29) is 12.3 Å². The Morgan fingerprint density at radius 1 is 1.15 bits per heavy atom. The molecular weight excluding hydrogens is 355 g/mol. The summed E-state index contributed by atoms with van der Waals surface area (Å²) in [6.45, 7) is 0. The molecule has 1 aromatic heterocycles. The molecule has 1 aliphatic heterocycles. The number of carbonyl (C=O) groups excluding carboxylic acids is 1. The molecule has 0 unspecified atom stereocenters. The Morgan fingerprint density at radius 2 is 1.96 bits per heavy atom. The second-order valence-corrected chi connectivity index (χ2v) is 6.23. The maximum absolute atomic E-state index is 13.1. The summed E-state index contributed by atoms with van der Waals surface area (Å²) in [7, 11) is 0. The standard InChI is InChI=1S/C20H12F3N3O/c21-20(22,23)12-4-6-16-14(9-12)15-10-18(27)25-17-8-11(2-1-7-24)3-5-13(17)19(15)26-16/h1-6,8-9,26H,10H2,(H,25,27). The zero-order chi connectivity index (χ0) is 19.2. The topological polar surface area (TPSA) is 68.7 Å². The smallest absolute Gasteiger partial charge is 0.354 e. The zero-order valence-corrected chi connectivity index (χ0v) is 13.8. The molecule has 27 heavy (non-hydrogen) atoms. The molecule has 4 nitrogen and oxygen atoms in total. The van der Waals surface area contributed by atoms with E-state index in [0.29, 0.717) is 33.4 Å². The summed E-state index contributed by atoms with van der Waals surface area (Å²) in [6, 6.07) is 10.7. The van der Waals surface area contributed by atoms with Gasteiger partial charge in [-0.25, -0.2) is 0 Å². The van der Waals surface area contributed by atoms with E-state index in [9.17, 15) is 18.0 Å². The maximum atomic E-state index is 13.1. The van der Waals surface area contributed by atoms with Gasteiger partial charge in [0.2, 0.25) is 5.91 Å². The summed E-state index contributed by atoms with van der Waals surface area (Å²) in [5.41, 5.74) is 2.91. The van der Waals surface area contributed by atoms with Crippen LogP contribution in [0.15, 0.2) is 42.5 Å². The number of benzene rings is 2. The highest BCUT2D eigenvalue weighted by atomic mass is 19.4. The van der Waals surface area contributed by atoms with Crippen LogP contribution in [0.2, 0.25) is 0 Å². The van der Waals surface area contributed by atoms with Gasteiger partial charge in [-0.3, -0.25) is 4.79 Å². The van der Waals surface area contributed by atoms with E-state index in [1.807, 2.05) is 6.07 Å². The van der Waals surface area contributed by atoms with Crippen molar-refractivity contribution in [3.8, 4) is 17.3 Å². The largest absolute Gasteiger partial charge is 0.416 e. The molecule has 1 aliphatic rings. The molecule has 0 radical (unpaired) electrons. The van der Waals surface area contributed by atoms with Gasteiger partial charge >= 0.3 is 6.18 Å². The van der Waals surface area contributed by atoms with Gasteiger partial charge in [-0.2, -0.15) is 18.4 Å². The normalized spacial score (nSPS) is 13.8. The number of aromatic amines is 1. The van der Waals surface area contributed by atoms with Crippen molar-refractivity contribution in [1.29, 1.82) is 5.26 Å².